The molecule has 0 spiro atoms. The molecule has 3 rings (SSSR count). The number of nitrogens with zero attached hydrogens (tertiary/aromatic N) is 1. The van der Waals surface area contributed by atoms with Crippen molar-refractivity contribution in [1.29, 1.82) is 0 Å². The number of aliphatic carboxylic acids is 1. The highest BCUT2D eigenvalue weighted by atomic mass is 32.2. The number of rotatable bonds is 9. The summed E-state index contributed by atoms with van der Waals surface area (Å²) in [5.74, 6) is -1.33. The number of guanidine groups is 1. The zero-order valence-corrected chi connectivity index (χ0v) is 17.3. The quantitative estimate of drug-likeness (QED) is 0.228. The Morgan fingerprint density at radius 2 is 1.71 bits per heavy atom. The molecule has 0 heterocycles. The number of hydrogen-bond donors (Lipinski definition) is 4. The molecule has 0 aliphatic carbocycles. The van der Waals surface area contributed by atoms with Gasteiger partial charge in [0.2, 0.25) is 11.1 Å². The van der Waals surface area contributed by atoms with Gasteiger partial charge in [0.15, 0.2) is 5.96 Å². The van der Waals surface area contributed by atoms with E-state index in [0.29, 0.717) is 16.3 Å². The van der Waals surface area contributed by atoms with Crippen LogP contribution in [0.5, 0.6) is 0 Å². The van der Waals surface area contributed by atoms with Crippen molar-refractivity contribution in [2.75, 3.05) is 5.48 Å². The third-order valence-electron chi connectivity index (χ3n) is 4.37. The summed E-state index contributed by atoms with van der Waals surface area (Å²) in [6.45, 7) is 0. The second-order valence-electron chi connectivity index (χ2n) is 6.64. The average Bonchev–Trinajstić information content (AvgIpc) is 2.76. The predicted octanol–water partition coefficient (Wildman–Crippen LogP) is 3.26. The van der Waals surface area contributed by atoms with Gasteiger partial charge in [-0.25, -0.2) is 9.20 Å². The fraction of sp³-hybridized carbons (Fsp3) is 0.0909. The summed E-state index contributed by atoms with van der Waals surface area (Å²) in [7, 11) is 0. The number of carboxylic acids is 1. The molecule has 0 aromatic heterocycles. The molecule has 0 radical (unpaired) electrons. The Bertz CT molecular complexity index is 1100. The van der Waals surface area contributed by atoms with E-state index >= 15 is 0 Å². The molecule has 160 valence electrons. The Morgan fingerprint density at radius 1 is 1.00 bits per heavy atom. The molecule has 0 fully saturated rings. The predicted molar refractivity (Wildman–Crippen MR) is 120 cm³/mol. The first kappa shape index (κ1) is 22.0. The van der Waals surface area contributed by atoms with Crippen LogP contribution in [0.25, 0.3) is 0 Å². The molecular weight excluding hydrogens is 416 g/mol. The van der Waals surface area contributed by atoms with E-state index in [4.69, 9.17) is 15.8 Å². The molecule has 9 heteroatoms. The van der Waals surface area contributed by atoms with Crippen molar-refractivity contribution in [3.63, 3.8) is 0 Å². The summed E-state index contributed by atoms with van der Waals surface area (Å²) in [4.78, 5) is 15.7. The summed E-state index contributed by atoms with van der Waals surface area (Å²) >= 11 is -1.83. The Labute approximate surface area is 182 Å². The fourth-order valence-corrected chi connectivity index (χ4v) is 3.72. The number of carbonyl (C=O) groups is 1. The Kier molecular flexibility index (Phi) is 7.36. The van der Waals surface area contributed by atoms with Gasteiger partial charge in [0, 0.05) is 5.92 Å². The number of aliphatic imine (C=N–C) groups is 1. The zero-order valence-electron chi connectivity index (χ0n) is 16.5. The molecular formula is C22H22N4O4S. The third kappa shape index (κ3) is 6.39. The highest BCUT2D eigenvalue weighted by Crippen LogP contribution is 2.30. The van der Waals surface area contributed by atoms with Crippen molar-refractivity contribution >= 4 is 34.4 Å². The molecule has 3 aromatic carbocycles. The van der Waals surface area contributed by atoms with E-state index in [9.17, 15) is 14.1 Å². The maximum Gasteiger partial charge on any atom is 0.304 e. The number of anilines is 1. The van der Waals surface area contributed by atoms with Crippen LogP contribution in [0.3, 0.4) is 0 Å². The molecule has 2 unspecified atom stereocenters. The van der Waals surface area contributed by atoms with Gasteiger partial charge < -0.3 is 16.6 Å². The van der Waals surface area contributed by atoms with Gasteiger partial charge in [0.05, 0.1) is 22.7 Å². The maximum absolute atomic E-state index is 12.5. The molecule has 31 heavy (non-hydrogen) atoms. The minimum absolute atomic E-state index is 0.0577. The van der Waals surface area contributed by atoms with Gasteiger partial charge in [-0.2, -0.15) is 4.28 Å². The lowest BCUT2D eigenvalue weighted by atomic mass is 9.88. The lowest BCUT2D eigenvalue weighted by Gasteiger charge is -2.17. The Balaban J connectivity index is 1.75. The fourth-order valence-electron chi connectivity index (χ4n) is 3.05. The van der Waals surface area contributed by atoms with E-state index in [2.05, 4.69) is 10.5 Å². The van der Waals surface area contributed by atoms with Crippen molar-refractivity contribution < 1.29 is 18.4 Å². The molecule has 0 saturated heterocycles. The number of hydrogen-bond acceptors (Lipinski definition) is 5. The van der Waals surface area contributed by atoms with Gasteiger partial charge in [0.25, 0.3) is 0 Å². The number of benzene rings is 3. The molecule has 0 aliphatic rings. The van der Waals surface area contributed by atoms with Crippen LogP contribution in [0, 0.1) is 0 Å². The first-order chi connectivity index (χ1) is 14.9. The van der Waals surface area contributed by atoms with Crippen LogP contribution >= 0.6 is 0 Å². The van der Waals surface area contributed by atoms with Crippen LogP contribution in [0.2, 0.25) is 0 Å². The highest BCUT2D eigenvalue weighted by Gasteiger charge is 2.18. The van der Waals surface area contributed by atoms with Crippen LogP contribution < -0.4 is 16.9 Å². The Morgan fingerprint density at radius 3 is 2.42 bits per heavy atom. The minimum atomic E-state index is -1.83. The van der Waals surface area contributed by atoms with Gasteiger partial charge >= 0.3 is 5.97 Å². The summed E-state index contributed by atoms with van der Waals surface area (Å²) in [6, 6.07) is 23.0. The number of nitrogens with one attached hydrogen (secondary N) is 1. The molecule has 0 bridgehead atoms. The van der Waals surface area contributed by atoms with E-state index in [1.165, 1.54) is 0 Å². The van der Waals surface area contributed by atoms with E-state index in [-0.39, 0.29) is 18.3 Å². The molecule has 6 N–H and O–H groups in total. The van der Waals surface area contributed by atoms with Gasteiger partial charge in [-0.3, -0.25) is 10.3 Å². The van der Waals surface area contributed by atoms with E-state index < -0.39 is 17.0 Å². The molecule has 8 nitrogen and oxygen atoms in total. The van der Waals surface area contributed by atoms with Crippen LogP contribution in [0.4, 0.5) is 11.4 Å². The molecule has 2 atom stereocenters. The summed E-state index contributed by atoms with van der Waals surface area (Å²) in [5, 5.41) is 9.35. The second kappa shape index (κ2) is 10.4. The van der Waals surface area contributed by atoms with Crippen LogP contribution in [0.1, 0.15) is 23.5 Å². The van der Waals surface area contributed by atoms with E-state index in [1.54, 1.807) is 42.5 Å². The molecule has 0 amide bonds. The van der Waals surface area contributed by atoms with Crippen LogP contribution in [-0.4, -0.2) is 21.2 Å². The molecule has 0 aliphatic heterocycles. The normalized spacial score (nSPS) is 12.5. The smallest absolute Gasteiger partial charge is 0.304 e. The monoisotopic (exact) mass is 438 g/mol. The number of carboxylic acid groups (broad SMARTS) is 1. The lowest BCUT2D eigenvalue weighted by molar-refractivity contribution is -0.137. The highest BCUT2D eigenvalue weighted by molar-refractivity contribution is 7.80. The minimum Gasteiger partial charge on any atom is -0.481 e. The summed E-state index contributed by atoms with van der Waals surface area (Å²) < 4.78 is 17.8. The van der Waals surface area contributed by atoms with Crippen molar-refractivity contribution in [2.45, 2.75) is 17.2 Å². The van der Waals surface area contributed by atoms with Crippen molar-refractivity contribution in [3.8, 4) is 0 Å². The first-order valence-electron chi connectivity index (χ1n) is 9.34. The molecule has 3 aromatic rings. The Hall–Kier alpha value is -3.69. The van der Waals surface area contributed by atoms with E-state index in [0.717, 1.165) is 11.1 Å². The SMILES string of the molecule is NC(N)=Nc1cccc(S(=O)ONc2cccc(C(CC(=O)O)c3ccccc3)c2)c1. The summed E-state index contributed by atoms with van der Waals surface area (Å²) in [6.07, 6.45) is -0.0577. The van der Waals surface area contributed by atoms with Gasteiger partial charge in [-0.15, -0.1) is 0 Å². The first-order valence-corrected chi connectivity index (χ1v) is 10.4. The van der Waals surface area contributed by atoms with Crippen molar-refractivity contribution in [2.24, 2.45) is 16.5 Å². The van der Waals surface area contributed by atoms with Crippen molar-refractivity contribution in [3.05, 3.63) is 90.0 Å². The van der Waals surface area contributed by atoms with Gasteiger partial charge in [-0.05, 0) is 41.5 Å². The van der Waals surface area contributed by atoms with Gasteiger partial charge in [-0.1, -0.05) is 48.5 Å². The van der Waals surface area contributed by atoms with Crippen LogP contribution in [-0.2, 0) is 20.2 Å². The largest absolute Gasteiger partial charge is 0.481 e. The lowest BCUT2D eigenvalue weighted by Crippen LogP contribution is -2.21. The maximum atomic E-state index is 12.5. The molecule has 0 saturated carbocycles. The van der Waals surface area contributed by atoms with Crippen molar-refractivity contribution in [1.82, 2.24) is 0 Å². The second-order valence-corrected chi connectivity index (χ2v) is 7.75. The standard InChI is InChI=1S/C22H22N4O4S/c23-22(24)25-17-9-5-11-19(13-17)31(29)30-26-18-10-4-8-16(12-18)20(14-21(27)28)15-6-2-1-3-7-15/h1-13,20,26H,14H2,(H,27,28)(H4,23,24,25). The van der Waals surface area contributed by atoms with Gasteiger partial charge in [0.1, 0.15) is 0 Å². The summed E-state index contributed by atoms with van der Waals surface area (Å²) in [5.41, 5.74) is 16.1. The average molecular weight is 439 g/mol. The van der Waals surface area contributed by atoms with E-state index in [1.807, 2.05) is 36.4 Å². The zero-order chi connectivity index (χ0) is 22.2. The third-order valence-corrected chi connectivity index (χ3v) is 5.25. The number of nitrogens with two attached hydrogens (primary N) is 2. The topological polar surface area (TPSA) is 140 Å². The van der Waals surface area contributed by atoms with Crippen LogP contribution in [0.15, 0.2) is 88.8 Å².